The summed E-state index contributed by atoms with van der Waals surface area (Å²) in [6.45, 7) is 4.10. The fourth-order valence-electron chi connectivity index (χ4n) is 4.20. The van der Waals surface area contributed by atoms with Crippen LogP contribution >= 0.6 is 0 Å². The van der Waals surface area contributed by atoms with Gasteiger partial charge >= 0.3 is 0 Å². The lowest BCUT2D eigenvalue weighted by Gasteiger charge is -2.34. The number of carbonyl (C=O) groups is 1. The third-order valence-electron chi connectivity index (χ3n) is 5.56. The summed E-state index contributed by atoms with van der Waals surface area (Å²) in [5.41, 5.74) is 3.59. The molecule has 0 spiro atoms. The monoisotopic (exact) mass is 378 g/mol. The van der Waals surface area contributed by atoms with E-state index in [4.69, 9.17) is 4.74 Å². The largest absolute Gasteiger partial charge is 0.376 e. The second kappa shape index (κ2) is 6.87. The maximum atomic E-state index is 13.3. The minimum Gasteiger partial charge on any atom is -0.376 e. The average molecular weight is 378 g/mol. The van der Waals surface area contributed by atoms with Crippen molar-refractivity contribution in [1.82, 2.24) is 29.9 Å². The van der Waals surface area contributed by atoms with E-state index in [1.165, 1.54) is 5.56 Å². The zero-order valence-electron chi connectivity index (χ0n) is 15.8. The number of nitrogens with zero attached hydrogens (tertiary/aromatic N) is 5. The summed E-state index contributed by atoms with van der Waals surface area (Å²) in [7, 11) is 0. The summed E-state index contributed by atoms with van der Waals surface area (Å²) in [4.78, 5) is 15.1. The third kappa shape index (κ3) is 2.90. The first-order valence-electron chi connectivity index (χ1n) is 9.58. The van der Waals surface area contributed by atoms with Crippen molar-refractivity contribution in [2.45, 2.75) is 39.0 Å². The van der Waals surface area contributed by atoms with E-state index < -0.39 is 0 Å². The SMILES string of the molecule is Cc1nnc2n1[C@H](Cc1ccccc1)CN(C(=O)c1n[nH]c3c1COCC3)C2. The van der Waals surface area contributed by atoms with Crippen molar-refractivity contribution < 1.29 is 9.53 Å². The van der Waals surface area contributed by atoms with Gasteiger partial charge in [0.1, 0.15) is 5.82 Å². The molecule has 1 aromatic carbocycles. The van der Waals surface area contributed by atoms with Crippen LogP contribution in [0.25, 0.3) is 0 Å². The normalized spacial score (nSPS) is 18.6. The molecule has 0 fully saturated rings. The Labute approximate surface area is 162 Å². The average Bonchev–Trinajstić information content (AvgIpc) is 3.32. The Hall–Kier alpha value is -3.00. The molecule has 0 saturated carbocycles. The molecule has 2 aromatic heterocycles. The summed E-state index contributed by atoms with van der Waals surface area (Å²) >= 11 is 0. The fourth-order valence-corrected chi connectivity index (χ4v) is 4.20. The molecule has 0 bridgehead atoms. The molecule has 2 aliphatic heterocycles. The summed E-state index contributed by atoms with van der Waals surface area (Å²) in [5, 5.41) is 15.9. The number of hydrogen-bond acceptors (Lipinski definition) is 5. The van der Waals surface area contributed by atoms with Crippen LogP contribution < -0.4 is 0 Å². The lowest BCUT2D eigenvalue weighted by Crippen LogP contribution is -2.42. The number of benzene rings is 1. The van der Waals surface area contributed by atoms with Crippen LogP contribution in [-0.2, 0) is 30.7 Å². The highest BCUT2D eigenvalue weighted by atomic mass is 16.5. The molecule has 1 atom stereocenters. The van der Waals surface area contributed by atoms with Crippen LogP contribution in [0, 0.1) is 6.92 Å². The van der Waals surface area contributed by atoms with Crippen molar-refractivity contribution in [3.63, 3.8) is 0 Å². The molecule has 8 nitrogen and oxygen atoms in total. The van der Waals surface area contributed by atoms with Crippen LogP contribution in [0.15, 0.2) is 30.3 Å². The van der Waals surface area contributed by atoms with Gasteiger partial charge in [0, 0.05) is 24.2 Å². The predicted octanol–water partition coefficient (Wildman–Crippen LogP) is 1.82. The van der Waals surface area contributed by atoms with Crippen molar-refractivity contribution >= 4 is 5.91 Å². The fraction of sp³-hybridized carbons (Fsp3) is 0.400. The second-order valence-electron chi connectivity index (χ2n) is 7.39. The van der Waals surface area contributed by atoms with Crippen molar-refractivity contribution in [3.8, 4) is 0 Å². The maximum Gasteiger partial charge on any atom is 0.275 e. The van der Waals surface area contributed by atoms with Crippen molar-refractivity contribution in [1.29, 1.82) is 0 Å². The highest BCUT2D eigenvalue weighted by molar-refractivity contribution is 5.94. The summed E-state index contributed by atoms with van der Waals surface area (Å²) in [6, 6.07) is 10.4. The van der Waals surface area contributed by atoms with Crippen molar-refractivity contribution in [2.75, 3.05) is 13.2 Å². The van der Waals surface area contributed by atoms with Gasteiger partial charge in [0.2, 0.25) is 0 Å². The van der Waals surface area contributed by atoms with Gasteiger partial charge in [-0.2, -0.15) is 5.10 Å². The number of nitrogens with one attached hydrogen (secondary N) is 1. The van der Waals surface area contributed by atoms with Gasteiger partial charge in [0.25, 0.3) is 5.91 Å². The van der Waals surface area contributed by atoms with Gasteiger partial charge in [-0.1, -0.05) is 30.3 Å². The Balaban J connectivity index is 1.45. The first-order chi connectivity index (χ1) is 13.7. The molecule has 4 heterocycles. The number of aromatic nitrogens is 5. The topological polar surface area (TPSA) is 88.9 Å². The van der Waals surface area contributed by atoms with Crippen molar-refractivity contribution in [2.24, 2.45) is 0 Å². The molecular weight excluding hydrogens is 356 g/mol. The van der Waals surface area contributed by atoms with Gasteiger partial charge in [0.05, 0.1) is 25.8 Å². The Bertz CT molecular complexity index is 1010. The van der Waals surface area contributed by atoms with Crippen LogP contribution in [0.4, 0.5) is 0 Å². The molecule has 5 rings (SSSR count). The zero-order valence-corrected chi connectivity index (χ0v) is 15.8. The van der Waals surface area contributed by atoms with E-state index in [1.807, 2.05) is 30.0 Å². The molecular formula is C20H22N6O2. The van der Waals surface area contributed by atoms with Gasteiger partial charge in [0.15, 0.2) is 11.5 Å². The molecule has 1 N–H and O–H groups in total. The number of amides is 1. The number of aromatic amines is 1. The lowest BCUT2D eigenvalue weighted by molar-refractivity contribution is 0.0654. The Morgan fingerprint density at radius 1 is 1.29 bits per heavy atom. The minimum atomic E-state index is -0.0760. The highest BCUT2D eigenvalue weighted by Crippen LogP contribution is 2.27. The van der Waals surface area contributed by atoms with Gasteiger partial charge in [-0.15, -0.1) is 10.2 Å². The lowest BCUT2D eigenvalue weighted by atomic mass is 10.0. The van der Waals surface area contributed by atoms with E-state index in [9.17, 15) is 4.79 Å². The van der Waals surface area contributed by atoms with E-state index in [2.05, 4.69) is 37.1 Å². The van der Waals surface area contributed by atoms with Gasteiger partial charge in [-0.05, 0) is 18.9 Å². The predicted molar refractivity (Wildman–Crippen MR) is 101 cm³/mol. The summed E-state index contributed by atoms with van der Waals surface area (Å²) < 4.78 is 7.70. The van der Waals surface area contributed by atoms with Crippen LogP contribution in [-0.4, -0.2) is 48.9 Å². The number of hydrogen-bond donors (Lipinski definition) is 1. The second-order valence-corrected chi connectivity index (χ2v) is 7.39. The van der Waals surface area contributed by atoms with E-state index >= 15 is 0 Å². The zero-order chi connectivity index (χ0) is 19.1. The summed E-state index contributed by atoms with van der Waals surface area (Å²) in [6.07, 6.45) is 1.58. The first kappa shape index (κ1) is 17.1. The van der Waals surface area contributed by atoms with Gasteiger partial charge < -0.3 is 14.2 Å². The first-order valence-corrected chi connectivity index (χ1v) is 9.58. The Kier molecular flexibility index (Phi) is 4.20. The molecule has 0 saturated heterocycles. The van der Waals surface area contributed by atoms with Crippen LogP contribution in [0.5, 0.6) is 0 Å². The number of H-pyrrole nitrogens is 1. The molecule has 0 unspecified atom stereocenters. The number of rotatable bonds is 3. The number of fused-ring (bicyclic) bond motifs is 2. The number of carbonyl (C=O) groups excluding carboxylic acids is 1. The van der Waals surface area contributed by atoms with Gasteiger partial charge in [-0.25, -0.2) is 0 Å². The van der Waals surface area contributed by atoms with E-state index in [1.54, 1.807) is 0 Å². The number of ether oxygens (including phenoxy) is 1. The maximum absolute atomic E-state index is 13.3. The van der Waals surface area contributed by atoms with E-state index in [-0.39, 0.29) is 11.9 Å². The summed E-state index contributed by atoms with van der Waals surface area (Å²) in [5.74, 6) is 1.63. The smallest absolute Gasteiger partial charge is 0.275 e. The molecule has 2 aliphatic rings. The third-order valence-corrected chi connectivity index (χ3v) is 5.56. The van der Waals surface area contributed by atoms with Gasteiger partial charge in [-0.3, -0.25) is 9.89 Å². The van der Waals surface area contributed by atoms with Crippen LogP contribution in [0.2, 0.25) is 0 Å². The van der Waals surface area contributed by atoms with E-state index in [0.29, 0.717) is 32.0 Å². The van der Waals surface area contributed by atoms with Crippen LogP contribution in [0.3, 0.4) is 0 Å². The quantitative estimate of drug-likeness (QED) is 0.751. The minimum absolute atomic E-state index is 0.0760. The highest BCUT2D eigenvalue weighted by Gasteiger charge is 2.33. The number of aryl methyl sites for hydroxylation is 1. The molecule has 0 aliphatic carbocycles. The molecule has 0 radical (unpaired) electrons. The van der Waals surface area contributed by atoms with Crippen molar-refractivity contribution in [3.05, 3.63) is 64.5 Å². The Morgan fingerprint density at radius 2 is 2.14 bits per heavy atom. The molecule has 1 amide bonds. The molecule has 3 aromatic rings. The Morgan fingerprint density at radius 3 is 3.00 bits per heavy atom. The van der Waals surface area contributed by atoms with E-state index in [0.717, 1.165) is 35.7 Å². The molecule has 8 heteroatoms. The standard InChI is InChI=1S/C20H22N6O2/c1-13-21-23-18-11-25(10-15(26(13)18)9-14-5-3-2-4-6-14)20(27)19-16-12-28-8-7-17(16)22-24-19/h2-6,15H,7-12H2,1H3,(H,22,24)/t15-/m1/s1. The molecule has 144 valence electrons. The molecule has 28 heavy (non-hydrogen) atoms. The van der Waals surface area contributed by atoms with Crippen LogP contribution in [0.1, 0.15) is 45.0 Å².